The summed E-state index contributed by atoms with van der Waals surface area (Å²) in [6.07, 6.45) is 5.01. The average molecular weight is 420 g/mol. The van der Waals surface area contributed by atoms with Crippen LogP contribution in [-0.4, -0.2) is 36.1 Å². The predicted molar refractivity (Wildman–Crippen MR) is 123 cm³/mol. The summed E-state index contributed by atoms with van der Waals surface area (Å²) in [6.45, 7) is 3.92. The van der Waals surface area contributed by atoms with Gasteiger partial charge in [0.25, 0.3) is 0 Å². The number of pyridine rings is 1. The fourth-order valence-electron chi connectivity index (χ4n) is 4.26. The Morgan fingerprint density at radius 1 is 0.968 bits per heavy atom. The highest BCUT2D eigenvalue weighted by Crippen LogP contribution is 2.33. The highest BCUT2D eigenvalue weighted by atomic mass is 19.1. The van der Waals surface area contributed by atoms with E-state index in [-0.39, 0.29) is 11.9 Å². The molecule has 0 aliphatic carbocycles. The van der Waals surface area contributed by atoms with Gasteiger partial charge in [0.15, 0.2) is 0 Å². The lowest BCUT2D eigenvalue weighted by Gasteiger charge is -2.37. The number of rotatable bonds is 9. The minimum atomic E-state index is -0.201. The lowest BCUT2D eigenvalue weighted by atomic mass is 9.85. The molecule has 5 heteroatoms. The van der Waals surface area contributed by atoms with Gasteiger partial charge in [0.1, 0.15) is 17.4 Å². The minimum Gasteiger partial charge on any atom is -0.494 e. The Bertz CT molecular complexity index is 897. The molecule has 31 heavy (non-hydrogen) atoms. The summed E-state index contributed by atoms with van der Waals surface area (Å²) < 4.78 is 19.3. The van der Waals surface area contributed by atoms with Crippen molar-refractivity contribution in [3.63, 3.8) is 0 Å². The third-order valence-corrected chi connectivity index (χ3v) is 5.93. The number of hydrogen-bond donors (Lipinski definition) is 1. The number of nitrogens with zero attached hydrogens (tertiary/aromatic N) is 2. The number of likely N-dealkylation sites (tertiary alicyclic amines) is 1. The number of nitrogens with one attached hydrogen (secondary N) is 1. The van der Waals surface area contributed by atoms with E-state index >= 15 is 0 Å². The van der Waals surface area contributed by atoms with Crippen LogP contribution in [0.2, 0.25) is 0 Å². The van der Waals surface area contributed by atoms with Crippen LogP contribution in [0.5, 0.6) is 5.75 Å². The molecule has 0 spiro atoms. The molecule has 1 aliphatic heterocycles. The van der Waals surface area contributed by atoms with E-state index < -0.39 is 0 Å². The summed E-state index contributed by atoms with van der Waals surface area (Å²) >= 11 is 0. The SMILES string of the molecule is Fc1ccc(C(Nc2ccccn2)C2CCN(CCCOc3ccccc3)CC2)cc1. The van der Waals surface area contributed by atoms with Crippen LogP contribution in [0.3, 0.4) is 0 Å². The van der Waals surface area contributed by atoms with E-state index in [1.165, 1.54) is 0 Å². The summed E-state index contributed by atoms with van der Waals surface area (Å²) in [5.41, 5.74) is 1.11. The molecule has 2 heterocycles. The zero-order valence-electron chi connectivity index (χ0n) is 17.8. The summed E-state index contributed by atoms with van der Waals surface area (Å²) in [5, 5.41) is 3.60. The fraction of sp³-hybridized carbons (Fsp3) is 0.346. The minimum absolute atomic E-state index is 0.124. The van der Waals surface area contributed by atoms with Gasteiger partial charge in [-0.2, -0.15) is 0 Å². The molecule has 0 bridgehead atoms. The topological polar surface area (TPSA) is 37.4 Å². The lowest BCUT2D eigenvalue weighted by molar-refractivity contribution is 0.161. The first-order valence-electron chi connectivity index (χ1n) is 11.1. The Kier molecular flexibility index (Phi) is 7.51. The number of benzene rings is 2. The Labute approximate surface area is 184 Å². The van der Waals surface area contributed by atoms with Gasteiger partial charge in [0, 0.05) is 12.7 Å². The molecular formula is C26H30FN3O. The summed E-state index contributed by atoms with van der Waals surface area (Å²) in [7, 11) is 0. The quantitative estimate of drug-likeness (QED) is 0.461. The van der Waals surface area contributed by atoms with Crippen molar-refractivity contribution in [2.75, 3.05) is 31.6 Å². The van der Waals surface area contributed by atoms with Gasteiger partial charge in [0.2, 0.25) is 0 Å². The molecule has 3 aromatic rings. The maximum Gasteiger partial charge on any atom is 0.126 e. The van der Waals surface area contributed by atoms with Crippen LogP contribution in [-0.2, 0) is 0 Å². The fourth-order valence-corrected chi connectivity index (χ4v) is 4.26. The Balaban J connectivity index is 1.30. The van der Waals surface area contributed by atoms with E-state index in [1.54, 1.807) is 18.3 Å². The van der Waals surface area contributed by atoms with Crippen LogP contribution in [0.25, 0.3) is 0 Å². The molecule has 1 fully saturated rings. The second-order valence-corrected chi connectivity index (χ2v) is 8.08. The number of para-hydroxylation sites is 1. The van der Waals surface area contributed by atoms with Crippen LogP contribution in [0.15, 0.2) is 79.0 Å². The summed E-state index contributed by atoms with van der Waals surface area (Å²) in [6, 6.07) is 22.9. The van der Waals surface area contributed by atoms with Crippen LogP contribution in [0.4, 0.5) is 10.2 Å². The van der Waals surface area contributed by atoms with Gasteiger partial charge in [-0.25, -0.2) is 9.37 Å². The van der Waals surface area contributed by atoms with Crippen LogP contribution >= 0.6 is 0 Å². The van der Waals surface area contributed by atoms with Crippen molar-refractivity contribution in [3.05, 3.63) is 90.4 Å². The first kappa shape index (κ1) is 21.3. The molecule has 1 atom stereocenters. The Hall–Kier alpha value is -2.92. The van der Waals surface area contributed by atoms with Crippen molar-refractivity contribution in [2.45, 2.75) is 25.3 Å². The number of anilines is 1. The molecule has 2 aromatic carbocycles. The van der Waals surface area contributed by atoms with Gasteiger partial charge in [0.05, 0.1) is 12.6 Å². The van der Waals surface area contributed by atoms with E-state index in [0.717, 1.165) is 62.6 Å². The molecule has 1 unspecified atom stereocenters. The third kappa shape index (κ3) is 6.28. The van der Waals surface area contributed by atoms with Crippen molar-refractivity contribution in [2.24, 2.45) is 5.92 Å². The Morgan fingerprint density at radius 2 is 1.71 bits per heavy atom. The molecule has 162 valence electrons. The van der Waals surface area contributed by atoms with Crippen molar-refractivity contribution in [3.8, 4) is 5.75 Å². The zero-order chi connectivity index (χ0) is 21.3. The first-order chi connectivity index (χ1) is 15.3. The van der Waals surface area contributed by atoms with Crippen LogP contribution in [0.1, 0.15) is 30.9 Å². The van der Waals surface area contributed by atoms with Gasteiger partial charge in [-0.05, 0) is 80.2 Å². The van der Waals surface area contributed by atoms with Crippen molar-refractivity contribution in [1.82, 2.24) is 9.88 Å². The second kappa shape index (κ2) is 10.9. The second-order valence-electron chi connectivity index (χ2n) is 8.08. The number of piperidine rings is 1. The van der Waals surface area contributed by atoms with E-state index in [2.05, 4.69) is 15.2 Å². The molecule has 1 aliphatic rings. The summed E-state index contributed by atoms with van der Waals surface area (Å²) in [4.78, 5) is 6.96. The molecule has 1 aromatic heterocycles. The van der Waals surface area contributed by atoms with Gasteiger partial charge < -0.3 is 15.0 Å². The zero-order valence-corrected chi connectivity index (χ0v) is 17.8. The normalized spacial score (nSPS) is 16.0. The van der Waals surface area contributed by atoms with Gasteiger partial charge in [-0.15, -0.1) is 0 Å². The largest absolute Gasteiger partial charge is 0.494 e. The van der Waals surface area contributed by atoms with Crippen molar-refractivity contribution in [1.29, 1.82) is 0 Å². The first-order valence-corrected chi connectivity index (χ1v) is 11.1. The van der Waals surface area contributed by atoms with Gasteiger partial charge in [-0.1, -0.05) is 36.4 Å². The maximum absolute atomic E-state index is 13.5. The van der Waals surface area contributed by atoms with Crippen LogP contribution < -0.4 is 10.1 Å². The lowest BCUT2D eigenvalue weighted by Crippen LogP contribution is -2.38. The number of aromatic nitrogens is 1. The highest BCUT2D eigenvalue weighted by Gasteiger charge is 2.28. The van der Waals surface area contributed by atoms with Gasteiger partial charge >= 0.3 is 0 Å². The molecule has 4 nitrogen and oxygen atoms in total. The standard InChI is InChI=1S/C26H30FN3O/c27-23-12-10-21(11-13-23)26(29-25-9-4-5-16-28-25)22-14-18-30(19-15-22)17-6-20-31-24-7-2-1-3-8-24/h1-5,7-13,16,22,26H,6,14-15,17-20H2,(H,28,29). The molecule has 0 radical (unpaired) electrons. The number of hydrogen-bond acceptors (Lipinski definition) is 4. The average Bonchev–Trinajstić information content (AvgIpc) is 2.83. The van der Waals surface area contributed by atoms with Crippen molar-refractivity contribution >= 4 is 5.82 Å². The molecule has 0 amide bonds. The monoisotopic (exact) mass is 419 g/mol. The van der Waals surface area contributed by atoms with E-state index in [1.807, 2.05) is 60.7 Å². The molecule has 4 rings (SSSR count). The summed E-state index contributed by atoms with van der Waals surface area (Å²) in [5.74, 6) is 2.07. The third-order valence-electron chi connectivity index (χ3n) is 5.93. The number of ether oxygens (including phenoxy) is 1. The highest BCUT2D eigenvalue weighted by molar-refractivity contribution is 5.38. The smallest absolute Gasteiger partial charge is 0.126 e. The van der Waals surface area contributed by atoms with Crippen LogP contribution in [0, 0.1) is 11.7 Å². The predicted octanol–water partition coefficient (Wildman–Crippen LogP) is 5.56. The van der Waals surface area contributed by atoms with E-state index in [0.29, 0.717) is 5.92 Å². The molecule has 1 saturated heterocycles. The number of halogens is 1. The molecular weight excluding hydrogens is 389 g/mol. The Morgan fingerprint density at radius 3 is 2.42 bits per heavy atom. The maximum atomic E-state index is 13.5. The van der Waals surface area contributed by atoms with Crippen molar-refractivity contribution < 1.29 is 9.13 Å². The molecule has 0 saturated carbocycles. The van der Waals surface area contributed by atoms with E-state index in [4.69, 9.17) is 4.74 Å². The molecule has 1 N–H and O–H groups in total. The van der Waals surface area contributed by atoms with Gasteiger partial charge in [-0.3, -0.25) is 0 Å². The van der Waals surface area contributed by atoms with E-state index in [9.17, 15) is 4.39 Å².